The van der Waals surface area contributed by atoms with Crippen LogP contribution in [0.1, 0.15) is 29.8 Å². The Morgan fingerprint density at radius 3 is 2.37 bits per heavy atom. The van der Waals surface area contributed by atoms with E-state index in [0.717, 1.165) is 11.3 Å². The monoisotopic (exact) mass is 390 g/mol. The van der Waals surface area contributed by atoms with Gasteiger partial charge in [0.2, 0.25) is 10.0 Å². The molecule has 0 aliphatic rings. The number of benzene rings is 2. The molecule has 2 aromatic rings. The lowest BCUT2D eigenvalue weighted by Crippen LogP contribution is -2.36. The molecule has 6 nitrogen and oxygen atoms in total. The fourth-order valence-corrected chi connectivity index (χ4v) is 3.29. The number of hydrogen-bond acceptors (Lipinski definition) is 4. The largest absolute Gasteiger partial charge is 0.491 e. The van der Waals surface area contributed by atoms with E-state index in [-0.39, 0.29) is 17.7 Å². The van der Waals surface area contributed by atoms with Crippen molar-refractivity contribution in [1.29, 1.82) is 0 Å². The standard InChI is InChI=1S/C20H26N2O4S/c1-5-27(24,25)22(4)18-12-10-17(11-13-18)20(23)21-16(3)14-26-19-9-7-6-8-15(19)2/h6-13,16H,5,14H2,1-4H3,(H,21,23)/t16-/m1/s1. The molecule has 0 saturated heterocycles. The van der Waals surface area contributed by atoms with Gasteiger partial charge in [0.25, 0.3) is 5.91 Å². The van der Waals surface area contributed by atoms with Gasteiger partial charge < -0.3 is 10.1 Å². The number of nitrogens with one attached hydrogen (secondary N) is 1. The fourth-order valence-electron chi connectivity index (χ4n) is 2.46. The van der Waals surface area contributed by atoms with Gasteiger partial charge in [-0.1, -0.05) is 18.2 Å². The Kier molecular flexibility index (Phi) is 6.85. The summed E-state index contributed by atoms with van der Waals surface area (Å²) < 4.78 is 30.8. The van der Waals surface area contributed by atoms with Gasteiger partial charge in [0.05, 0.1) is 17.5 Å². The average Bonchev–Trinajstić information content (AvgIpc) is 2.66. The number of aryl methyl sites for hydroxylation is 1. The second kappa shape index (κ2) is 8.90. The van der Waals surface area contributed by atoms with E-state index in [1.807, 2.05) is 38.1 Å². The lowest BCUT2D eigenvalue weighted by Gasteiger charge is -2.19. The molecule has 2 rings (SSSR count). The van der Waals surface area contributed by atoms with Crippen LogP contribution in [0.3, 0.4) is 0 Å². The molecular weight excluding hydrogens is 364 g/mol. The minimum absolute atomic E-state index is 0.0180. The Bertz CT molecular complexity index is 879. The van der Waals surface area contributed by atoms with E-state index in [9.17, 15) is 13.2 Å². The summed E-state index contributed by atoms with van der Waals surface area (Å²) in [5.41, 5.74) is 2.02. The van der Waals surface area contributed by atoms with Crippen molar-refractivity contribution in [3.63, 3.8) is 0 Å². The fraction of sp³-hybridized carbons (Fsp3) is 0.350. The highest BCUT2D eigenvalue weighted by Gasteiger charge is 2.16. The molecule has 0 bridgehead atoms. The highest BCUT2D eigenvalue weighted by atomic mass is 32.2. The highest BCUT2D eigenvalue weighted by molar-refractivity contribution is 7.92. The third-order valence-electron chi connectivity index (χ3n) is 4.24. The zero-order chi connectivity index (χ0) is 20.0. The maximum Gasteiger partial charge on any atom is 0.251 e. The molecule has 1 amide bonds. The molecular formula is C20H26N2O4S. The van der Waals surface area contributed by atoms with E-state index >= 15 is 0 Å². The summed E-state index contributed by atoms with van der Waals surface area (Å²) in [6.45, 7) is 5.78. The van der Waals surface area contributed by atoms with Crippen LogP contribution >= 0.6 is 0 Å². The van der Waals surface area contributed by atoms with Crippen molar-refractivity contribution in [2.24, 2.45) is 0 Å². The molecule has 0 heterocycles. The van der Waals surface area contributed by atoms with Gasteiger partial charge in [0.15, 0.2) is 0 Å². The zero-order valence-corrected chi connectivity index (χ0v) is 16.9. The van der Waals surface area contributed by atoms with Crippen LogP contribution in [0.4, 0.5) is 5.69 Å². The summed E-state index contributed by atoms with van der Waals surface area (Å²) >= 11 is 0. The van der Waals surface area contributed by atoms with Crippen molar-refractivity contribution in [3.8, 4) is 5.75 Å². The normalized spacial score (nSPS) is 12.3. The summed E-state index contributed by atoms with van der Waals surface area (Å²) in [6, 6.07) is 14.0. The zero-order valence-electron chi connectivity index (χ0n) is 16.1. The maximum atomic E-state index is 12.4. The third kappa shape index (κ3) is 5.47. The number of para-hydroxylation sites is 1. The predicted molar refractivity (Wildman–Crippen MR) is 108 cm³/mol. The van der Waals surface area contributed by atoms with E-state index < -0.39 is 10.0 Å². The van der Waals surface area contributed by atoms with E-state index in [1.54, 1.807) is 31.2 Å². The summed E-state index contributed by atoms with van der Waals surface area (Å²) in [5.74, 6) is 0.580. The van der Waals surface area contributed by atoms with Gasteiger partial charge in [-0.25, -0.2) is 8.42 Å². The first kappa shape index (κ1) is 20.8. The van der Waals surface area contributed by atoms with Crippen LogP contribution in [-0.2, 0) is 10.0 Å². The Morgan fingerprint density at radius 2 is 1.78 bits per heavy atom. The van der Waals surface area contributed by atoms with Crippen molar-refractivity contribution in [2.45, 2.75) is 26.8 Å². The first-order valence-corrected chi connectivity index (χ1v) is 10.4. The number of hydrogen-bond donors (Lipinski definition) is 1. The number of anilines is 1. The summed E-state index contributed by atoms with van der Waals surface area (Å²) in [5, 5.41) is 2.88. The van der Waals surface area contributed by atoms with E-state index in [2.05, 4.69) is 5.32 Å². The lowest BCUT2D eigenvalue weighted by molar-refractivity contribution is 0.0926. The Balaban J connectivity index is 1.94. The van der Waals surface area contributed by atoms with Gasteiger partial charge in [-0.15, -0.1) is 0 Å². The second-order valence-corrected chi connectivity index (χ2v) is 8.65. The minimum atomic E-state index is -3.32. The summed E-state index contributed by atoms with van der Waals surface area (Å²) in [6.07, 6.45) is 0. The number of nitrogens with zero attached hydrogens (tertiary/aromatic N) is 1. The molecule has 0 radical (unpaired) electrons. The number of rotatable bonds is 8. The minimum Gasteiger partial charge on any atom is -0.491 e. The molecule has 0 saturated carbocycles. The van der Waals surface area contributed by atoms with Crippen molar-refractivity contribution in [3.05, 3.63) is 59.7 Å². The van der Waals surface area contributed by atoms with Crippen LogP contribution in [-0.4, -0.2) is 39.8 Å². The van der Waals surface area contributed by atoms with Gasteiger partial charge in [-0.2, -0.15) is 0 Å². The molecule has 0 aliphatic heterocycles. The molecule has 1 atom stereocenters. The molecule has 2 aromatic carbocycles. The van der Waals surface area contributed by atoms with Crippen LogP contribution < -0.4 is 14.4 Å². The molecule has 0 aromatic heterocycles. The van der Waals surface area contributed by atoms with Crippen molar-refractivity contribution < 1.29 is 17.9 Å². The number of carbonyl (C=O) groups excluding carboxylic acids is 1. The molecule has 1 N–H and O–H groups in total. The molecule has 27 heavy (non-hydrogen) atoms. The van der Waals surface area contributed by atoms with Crippen LogP contribution in [0.2, 0.25) is 0 Å². The number of carbonyl (C=O) groups is 1. The number of ether oxygens (including phenoxy) is 1. The lowest BCUT2D eigenvalue weighted by atomic mass is 10.2. The first-order chi connectivity index (χ1) is 12.7. The molecule has 7 heteroatoms. The molecule has 146 valence electrons. The van der Waals surface area contributed by atoms with Gasteiger partial charge in [0.1, 0.15) is 12.4 Å². The van der Waals surface area contributed by atoms with Gasteiger partial charge in [0, 0.05) is 12.6 Å². The quantitative estimate of drug-likeness (QED) is 0.752. The van der Waals surface area contributed by atoms with Crippen molar-refractivity contribution >= 4 is 21.6 Å². The number of sulfonamides is 1. The summed E-state index contributed by atoms with van der Waals surface area (Å²) in [7, 11) is -1.83. The van der Waals surface area contributed by atoms with Crippen molar-refractivity contribution in [2.75, 3.05) is 23.7 Å². The molecule has 0 spiro atoms. The summed E-state index contributed by atoms with van der Waals surface area (Å²) in [4.78, 5) is 12.4. The van der Waals surface area contributed by atoms with Crippen molar-refractivity contribution in [1.82, 2.24) is 5.32 Å². The predicted octanol–water partition coefficient (Wildman–Crippen LogP) is 2.98. The Hall–Kier alpha value is -2.54. The Morgan fingerprint density at radius 1 is 1.15 bits per heavy atom. The smallest absolute Gasteiger partial charge is 0.251 e. The van der Waals surface area contributed by atoms with Gasteiger partial charge in [-0.3, -0.25) is 9.10 Å². The van der Waals surface area contributed by atoms with Gasteiger partial charge in [-0.05, 0) is 56.7 Å². The van der Waals surface area contributed by atoms with E-state index in [4.69, 9.17) is 4.74 Å². The topological polar surface area (TPSA) is 75.7 Å². The molecule has 0 unspecified atom stereocenters. The van der Waals surface area contributed by atoms with E-state index in [0.29, 0.717) is 17.9 Å². The van der Waals surface area contributed by atoms with Gasteiger partial charge >= 0.3 is 0 Å². The third-order valence-corrected chi connectivity index (χ3v) is 6.01. The molecule has 0 fully saturated rings. The SMILES string of the molecule is CCS(=O)(=O)N(C)c1ccc(C(=O)N[C@H](C)COc2ccccc2C)cc1. The van der Waals surface area contributed by atoms with Crippen LogP contribution in [0.5, 0.6) is 5.75 Å². The first-order valence-electron chi connectivity index (χ1n) is 8.80. The van der Waals surface area contributed by atoms with Crippen LogP contribution in [0.15, 0.2) is 48.5 Å². The number of amides is 1. The second-order valence-electron chi connectivity index (χ2n) is 6.37. The Labute approximate surface area is 161 Å². The van der Waals surface area contributed by atoms with E-state index in [1.165, 1.54) is 11.4 Å². The van der Waals surface area contributed by atoms with Crippen LogP contribution in [0, 0.1) is 6.92 Å². The highest BCUT2D eigenvalue weighted by Crippen LogP contribution is 2.18. The average molecular weight is 391 g/mol. The maximum absolute atomic E-state index is 12.4. The van der Waals surface area contributed by atoms with Crippen LogP contribution in [0.25, 0.3) is 0 Å². The molecule has 0 aliphatic carbocycles.